The predicted octanol–water partition coefficient (Wildman–Crippen LogP) is 4.90. The molecule has 5 aromatic rings. The number of likely N-dealkylation sites (tertiary alicyclic amines) is 1. The van der Waals surface area contributed by atoms with Gasteiger partial charge in [0.15, 0.2) is 0 Å². The molecule has 1 aliphatic heterocycles. The highest BCUT2D eigenvalue weighted by Crippen LogP contribution is 2.36. The van der Waals surface area contributed by atoms with Gasteiger partial charge in [0.25, 0.3) is 15.9 Å². The van der Waals surface area contributed by atoms with Crippen molar-refractivity contribution in [1.82, 2.24) is 18.8 Å². The molecule has 3 heterocycles. The Morgan fingerprint density at radius 2 is 1.73 bits per heavy atom. The van der Waals surface area contributed by atoms with Gasteiger partial charge in [-0.1, -0.05) is 48.0 Å². The van der Waals surface area contributed by atoms with Crippen LogP contribution in [0.3, 0.4) is 0 Å². The van der Waals surface area contributed by atoms with Crippen LogP contribution in [0, 0.1) is 0 Å². The number of fused-ring (bicyclic) bond motifs is 1. The molecule has 0 radical (unpaired) electrons. The van der Waals surface area contributed by atoms with Gasteiger partial charge in [-0.3, -0.25) is 4.79 Å². The SMILES string of the molecule is Nc1ccc(C(=O)N2CC[C@H](Nc3ncc(Cl)c(-c4cn(S(=O)(=O)c5ccccc5)c5ccccc45)n3)C2)cc1. The summed E-state index contributed by atoms with van der Waals surface area (Å²) < 4.78 is 28.3. The Bertz CT molecular complexity index is 1820. The number of amides is 1. The normalized spacial score (nSPS) is 15.4. The van der Waals surface area contributed by atoms with E-state index in [0.29, 0.717) is 52.4 Å². The van der Waals surface area contributed by atoms with E-state index >= 15 is 0 Å². The van der Waals surface area contributed by atoms with E-state index in [-0.39, 0.29) is 21.9 Å². The summed E-state index contributed by atoms with van der Waals surface area (Å²) in [5, 5.41) is 4.29. The van der Waals surface area contributed by atoms with E-state index in [1.165, 1.54) is 10.2 Å². The van der Waals surface area contributed by atoms with Gasteiger partial charge in [-0.25, -0.2) is 22.4 Å². The molecular weight excluding hydrogens is 548 g/mol. The molecule has 11 heteroatoms. The maximum atomic E-state index is 13.5. The van der Waals surface area contributed by atoms with Crippen molar-refractivity contribution in [3.05, 3.63) is 102 Å². The molecule has 3 N–H and O–H groups in total. The predicted molar refractivity (Wildman–Crippen MR) is 156 cm³/mol. The van der Waals surface area contributed by atoms with E-state index in [4.69, 9.17) is 17.3 Å². The number of halogens is 1. The number of carbonyl (C=O) groups is 1. The number of para-hydroxylation sites is 1. The molecule has 40 heavy (non-hydrogen) atoms. The molecule has 0 saturated carbocycles. The summed E-state index contributed by atoms with van der Waals surface area (Å²) in [6, 6.07) is 22.3. The minimum Gasteiger partial charge on any atom is -0.399 e. The highest BCUT2D eigenvalue weighted by Gasteiger charge is 2.28. The van der Waals surface area contributed by atoms with Crippen LogP contribution in [0.1, 0.15) is 16.8 Å². The monoisotopic (exact) mass is 572 g/mol. The van der Waals surface area contributed by atoms with Crippen LogP contribution in [0.4, 0.5) is 11.6 Å². The summed E-state index contributed by atoms with van der Waals surface area (Å²) in [6.07, 6.45) is 3.76. The number of hydrogen-bond donors (Lipinski definition) is 2. The lowest BCUT2D eigenvalue weighted by atomic mass is 10.1. The van der Waals surface area contributed by atoms with Gasteiger partial charge in [-0.05, 0) is 48.9 Å². The Hall–Kier alpha value is -4.41. The van der Waals surface area contributed by atoms with Crippen LogP contribution in [-0.4, -0.2) is 52.3 Å². The average molecular weight is 573 g/mol. The zero-order valence-corrected chi connectivity index (χ0v) is 22.8. The number of anilines is 2. The fourth-order valence-electron chi connectivity index (χ4n) is 4.92. The van der Waals surface area contributed by atoms with Crippen LogP contribution in [0.2, 0.25) is 5.02 Å². The third-order valence-electron chi connectivity index (χ3n) is 6.94. The summed E-state index contributed by atoms with van der Waals surface area (Å²) >= 11 is 6.56. The lowest BCUT2D eigenvalue weighted by Crippen LogP contribution is -2.31. The van der Waals surface area contributed by atoms with E-state index in [9.17, 15) is 13.2 Å². The van der Waals surface area contributed by atoms with Crippen molar-refractivity contribution in [3.8, 4) is 11.3 Å². The third-order valence-corrected chi connectivity index (χ3v) is 8.91. The first-order valence-electron chi connectivity index (χ1n) is 12.7. The van der Waals surface area contributed by atoms with Crippen molar-refractivity contribution in [2.75, 3.05) is 24.1 Å². The first kappa shape index (κ1) is 25.8. The minimum absolute atomic E-state index is 0.0607. The lowest BCUT2D eigenvalue weighted by Gasteiger charge is -2.17. The Morgan fingerprint density at radius 1 is 1.00 bits per heavy atom. The second-order valence-corrected chi connectivity index (χ2v) is 11.8. The number of nitrogen functional groups attached to an aromatic ring is 1. The average Bonchev–Trinajstić information content (AvgIpc) is 3.60. The number of nitrogens with one attached hydrogen (secondary N) is 1. The molecule has 3 aromatic carbocycles. The van der Waals surface area contributed by atoms with Gasteiger partial charge < -0.3 is 16.0 Å². The molecule has 0 spiro atoms. The molecule has 1 atom stereocenters. The van der Waals surface area contributed by atoms with Crippen LogP contribution in [-0.2, 0) is 10.0 Å². The van der Waals surface area contributed by atoms with Crippen LogP contribution < -0.4 is 11.1 Å². The molecule has 202 valence electrons. The van der Waals surface area contributed by atoms with Crippen LogP contribution >= 0.6 is 11.6 Å². The molecule has 1 fully saturated rings. The fraction of sp³-hybridized carbons (Fsp3) is 0.138. The smallest absolute Gasteiger partial charge is 0.268 e. The largest absolute Gasteiger partial charge is 0.399 e. The highest BCUT2D eigenvalue weighted by atomic mass is 35.5. The Kier molecular flexibility index (Phi) is 6.65. The Morgan fingerprint density at radius 3 is 2.50 bits per heavy atom. The fourth-order valence-corrected chi connectivity index (χ4v) is 6.51. The molecule has 1 saturated heterocycles. The number of rotatable bonds is 6. The van der Waals surface area contributed by atoms with Crippen molar-refractivity contribution in [2.24, 2.45) is 0 Å². The van der Waals surface area contributed by atoms with Gasteiger partial charge in [0.05, 0.1) is 27.3 Å². The summed E-state index contributed by atoms with van der Waals surface area (Å²) in [6.45, 7) is 1.07. The number of nitrogens with zero attached hydrogens (tertiary/aromatic N) is 4. The van der Waals surface area contributed by atoms with Crippen LogP contribution in [0.5, 0.6) is 0 Å². The molecule has 0 aliphatic carbocycles. The van der Waals surface area contributed by atoms with E-state index < -0.39 is 10.0 Å². The molecule has 0 bridgehead atoms. The van der Waals surface area contributed by atoms with Gasteiger partial charge in [0, 0.05) is 47.5 Å². The van der Waals surface area contributed by atoms with Gasteiger partial charge >= 0.3 is 0 Å². The zero-order valence-electron chi connectivity index (χ0n) is 21.2. The molecule has 1 amide bonds. The number of carbonyl (C=O) groups excluding carboxylic acids is 1. The van der Waals surface area contributed by atoms with E-state index in [0.717, 1.165) is 6.42 Å². The van der Waals surface area contributed by atoms with Crippen molar-refractivity contribution >= 4 is 50.1 Å². The summed E-state index contributed by atoms with van der Waals surface area (Å²) in [4.78, 5) is 23.9. The minimum atomic E-state index is -3.86. The molecule has 1 aliphatic rings. The third kappa shape index (κ3) is 4.76. The summed E-state index contributed by atoms with van der Waals surface area (Å²) in [5.41, 5.74) is 8.42. The maximum absolute atomic E-state index is 13.5. The highest BCUT2D eigenvalue weighted by molar-refractivity contribution is 7.90. The quantitative estimate of drug-likeness (QED) is 0.277. The number of benzene rings is 3. The number of aromatic nitrogens is 3. The maximum Gasteiger partial charge on any atom is 0.268 e. The number of hydrogen-bond acceptors (Lipinski definition) is 7. The van der Waals surface area contributed by atoms with Crippen LogP contribution in [0.25, 0.3) is 22.2 Å². The van der Waals surface area contributed by atoms with Crippen molar-refractivity contribution in [1.29, 1.82) is 0 Å². The molecule has 2 aromatic heterocycles. The Balaban J connectivity index is 1.29. The molecule has 9 nitrogen and oxygen atoms in total. The van der Waals surface area contributed by atoms with E-state index in [2.05, 4.69) is 15.3 Å². The van der Waals surface area contributed by atoms with Gasteiger partial charge in [0.1, 0.15) is 0 Å². The molecular formula is C29H25ClN6O3S. The van der Waals surface area contributed by atoms with E-state index in [1.807, 2.05) is 12.1 Å². The van der Waals surface area contributed by atoms with Crippen molar-refractivity contribution in [2.45, 2.75) is 17.4 Å². The second kappa shape index (κ2) is 10.3. The van der Waals surface area contributed by atoms with Gasteiger partial charge in [-0.2, -0.15) is 0 Å². The Labute approximate surface area is 236 Å². The lowest BCUT2D eigenvalue weighted by molar-refractivity contribution is 0.0791. The molecule has 0 unspecified atom stereocenters. The van der Waals surface area contributed by atoms with Gasteiger partial charge in [-0.15, -0.1) is 0 Å². The van der Waals surface area contributed by atoms with E-state index in [1.54, 1.807) is 77.8 Å². The standard InChI is InChI=1S/C29H25ClN6O3S/c30-25-16-32-29(33-21-14-15-35(17-21)28(37)19-10-12-20(31)13-11-19)34-27(25)24-18-36(26-9-5-4-8-23(24)26)40(38,39)22-6-2-1-3-7-22/h1-13,16,18,21H,14-15,17,31H2,(H,32,33,34)/t21-/m0/s1. The van der Waals surface area contributed by atoms with Crippen molar-refractivity contribution in [3.63, 3.8) is 0 Å². The summed E-state index contributed by atoms with van der Waals surface area (Å²) in [7, 11) is -3.86. The zero-order chi connectivity index (χ0) is 27.9. The summed E-state index contributed by atoms with van der Waals surface area (Å²) in [5.74, 6) is 0.281. The number of nitrogens with two attached hydrogens (primary N) is 1. The molecule has 6 rings (SSSR count). The van der Waals surface area contributed by atoms with Gasteiger partial charge in [0.2, 0.25) is 5.95 Å². The second-order valence-electron chi connectivity index (χ2n) is 9.57. The topological polar surface area (TPSA) is 123 Å². The first-order valence-corrected chi connectivity index (χ1v) is 14.5. The van der Waals surface area contributed by atoms with Crippen LogP contribution in [0.15, 0.2) is 96.2 Å². The van der Waals surface area contributed by atoms with Crippen molar-refractivity contribution < 1.29 is 13.2 Å². The first-order chi connectivity index (χ1) is 19.3.